The number of hydrogen-bond acceptors (Lipinski definition) is 3. The minimum Gasteiger partial charge on any atom is -0.379 e. The second-order valence-corrected chi connectivity index (χ2v) is 5.02. The molecule has 0 bridgehead atoms. The number of aryl methyl sites for hydroxylation is 1. The van der Waals surface area contributed by atoms with E-state index in [1.54, 1.807) is 0 Å². The van der Waals surface area contributed by atoms with E-state index in [9.17, 15) is 0 Å². The highest BCUT2D eigenvalue weighted by Gasteiger charge is 2.06. The van der Waals surface area contributed by atoms with Gasteiger partial charge >= 0.3 is 0 Å². The predicted octanol–water partition coefficient (Wildman–Crippen LogP) is 2.55. The SMILES string of the molecule is Cc1nc2ccccn2c1CNCCCOC(C)C. The van der Waals surface area contributed by atoms with Crippen LogP contribution in [0.5, 0.6) is 0 Å². The Kier molecular flexibility index (Phi) is 4.93. The van der Waals surface area contributed by atoms with Crippen molar-refractivity contribution in [2.45, 2.75) is 39.8 Å². The van der Waals surface area contributed by atoms with Crippen LogP contribution in [-0.2, 0) is 11.3 Å². The van der Waals surface area contributed by atoms with Crippen LogP contribution in [-0.4, -0.2) is 28.6 Å². The maximum Gasteiger partial charge on any atom is 0.137 e. The summed E-state index contributed by atoms with van der Waals surface area (Å²) in [7, 11) is 0. The standard InChI is InChI=1S/C15H23N3O/c1-12(2)19-10-6-8-16-11-14-13(3)17-15-7-4-5-9-18(14)15/h4-5,7,9,12,16H,6,8,10-11H2,1-3H3. The van der Waals surface area contributed by atoms with Crippen LogP contribution >= 0.6 is 0 Å². The molecule has 1 N–H and O–H groups in total. The van der Waals surface area contributed by atoms with Crippen molar-refractivity contribution in [3.63, 3.8) is 0 Å². The predicted molar refractivity (Wildman–Crippen MR) is 77.3 cm³/mol. The van der Waals surface area contributed by atoms with E-state index >= 15 is 0 Å². The first-order chi connectivity index (χ1) is 9.18. The molecule has 104 valence electrons. The number of rotatable bonds is 7. The summed E-state index contributed by atoms with van der Waals surface area (Å²) in [6, 6.07) is 6.09. The van der Waals surface area contributed by atoms with Crippen molar-refractivity contribution >= 4 is 5.65 Å². The highest BCUT2D eigenvalue weighted by Crippen LogP contribution is 2.11. The van der Waals surface area contributed by atoms with E-state index < -0.39 is 0 Å². The Balaban J connectivity index is 1.83. The quantitative estimate of drug-likeness (QED) is 0.778. The van der Waals surface area contributed by atoms with E-state index in [0.29, 0.717) is 6.10 Å². The van der Waals surface area contributed by atoms with Crippen LogP contribution in [0, 0.1) is 6.92 Å². The van der Waals surface area contributed by atoms with Gasteiger partial charge in [-0.2, -0.15) is 0 Å². The summed E-state index contributed by atoms with van der Waals surface area (Å²) >= 11 is 0. The van der Waals surface area contributed by atoms with Gasteiger partial charge in [-0.05, 0) is 45.9 Å². The van der Waals surface area contributed by atoms with E-state index in [0.717, 1.165) is 37.5 Å². The van der Waals surface area contributed by atoms with Crippen molar-refractivity contribution in [1.29, 1.82) is 0 Å². The first-order valence-electron chi connectivity index (χ1n) is 6.93. The van der Waals surface area contributed by atoms with Crippen LogP contribution in [0.2, 0.25) is 0 Å². The van der Waals surface area contributed by atoms with Crippen LogP contribution in [0.3, 0.4) is 0 Å². The number of pyridine rings is 1. The molecule has 0 aliphatic rings. The molecule has 2 aromatic rings. The van der Waals surface area contributed by atoms with E-state index in [1.165, 1.54) is 5.69 Å². The van der Waals surface area contributed by atoms with Crippen molar-refractivity contribution in [2.24, 2.45) is 0 Å². The minimum absolute atomic E-state index is 0.320. The summed E-state index contributed by atoms with van der Waals surface area (Å²) in [5.74, 6) is 0. The van der Waals surface area contributed by atoms with Crippen molar-refractivity contribution in [2.75, 3.05) is 13.2 Å². The highest BCUT2D eigenvalue weighted by atomic mass is 16.5. The molecule has 0 radical (unpaired) electrons. The largest absolute Gasteiger partial charge is 0.379 e. The Hall–Kier alpha value is -1.39. The summed E-state index contributed by atoms with van der Waals surface area (Å²) in [6.07, 6.45) is 3.42. The van der Waals surface area contributed by atoms with Gasteiger partial charge in [0.1, 0.15) is 5.65 Å². The van der Waals surface area contributed by atoms with Crippen molar-refractivity contribution < 1.29 is 4.74 Å². The van der Waals surface area contributed by atoms with E-state index in [-0.39, 0.29) is 0 Å². The Morgan fingerprint density at radius 1 is 1.37 bits per heavy atom. The zero-order valence-electron chi connectivity index (χ0n) is 12.0. The van der Waals surface area contributed by atoms with Crippen molar-refractivity contribution in [3.8, 4) is 0 Å². The molecule has 4 nitrogen and oxygen atoms in total. The molecule has 0 atom stereocenters. The van der Waals surface area contributed by atoms with Crippen LogP contribution in [0.25, 0.3) is 5.65 Å². The summed E-state index contributed by atoms with van der Waals surface area (Å²) in [5, 5.41) is 3.45. The van der Waals surface area contributed by atoms with E-state index in [2.05, 4.69) is 41.7 Å². The second-order valence-electron chi connectivity index (χ2n) is 5.02. The smallest absolute Gasteiger partial charge is 0.137 e. The summed E-state index contributed by atoms with van der Waals surface area (Å²) in [6.45, 7) is 8.82. The zero-order valence-corrected chi connectivity index (χ0v) is 12.0. The van der Waals surface area contributed by atoms with Gasteiger partial charge in [0, 0.05) is 19.3 Å². The van der Waals surface area contributed by atoms with E-state index in [4.69, 9.17) is 4.74 Å². The minimum atomic E-state index is 0.320. The molecular formula is C15H23N3O. The van der Waals surface area contributed by atoms with Crippen LogP contribution in [0.4, 0.5) is 0 Å². The van der Waals surface area contributed by atoms with Crippen LogP contribution in [0.1, 0.15) is 31.7 Å². The molecule has 0 aliphatic heterocycles. The van der Waals surface area contributed by atoms with Gasteiger partial charge < -0.3 is 14.5 Å². The molecule has 0 aliphatic carbocycles. The number of ether oxygens (including phenoxy) is 1. The Morgan fingerprint density at radius 2 is 2.21 bits per heavy atom. The van der Waals surface area contributed by atoms with Gasteiger partial charge in [0.2, 0.25) is 0 Å². The average Bonchev–Trinajstić information content (AvgIpc) is 2.69. The molecule has 2 heterocycles. The molecule has 0 saturated carbocycles. The Labute approximate surface area is 114 Å². The number of nitrogens with zero attached hydrogens (tertiary/aromatic N) is 2. The lowest BCUT2D eigenvalue weighted by Crippen LogP contribution is -2.18. The number of hydrogen-bond donors (Lipinski definition) is 1. The molecule has 0 fully saturated rings. The lowest BCUT2D eigenvalue weighted by Gasteiger charge is -2.08. The van der Waals surface area contributed by atoms with Gasteiger partial charge in [-0.3, -0.25) is 0 Å². The van der Waals surface area contributed by atoms with Gasteiger partial charge in [-0.25, -0.2) is 4.98 Å². The Morgan fingerprint density at radius 3 is 3.00 bits per heavy atom. The summed E-state index contributed by atoms with van der Waals surface area (Å²) in [4.78, 5) is 4.55. The summed E-state index contributed by atoms with van der Waals surface area (Å²) < 4.78 is 7.66. The number of fused-ring (bicyclic) bond motifs is 1. The second kappa shape index (κ2) is 6.68. The first-order valence-corrected chi connectivity index (χ1v) is 6.93. The molecule has 0 unspecified atom stereocenters. The maximum absolute atomic E-state index is 5.52. The summed E-state index contributed by atoms with van der Waals surface area (Å²) in [5.41, 5.74) is 3.34. The van der Waals surface area contributed by atoms with Crippen molar-refractivity contribution in [1.82, 2.24) is 14.7 Å². The van der Waals surface area contributed by atoms with Crippen LogP contribution < -0.4 is 5.32 Å². The average molecular weight is 261 g/mol. The van der Waals surface area contributed by atoms with Crippen LogP contribution in [0.15, 0.2) is 24.4 Å². The monoisotopic (exact) mass is 261 g/mol. The fraction of sp³-hybridized carbons (Fsp3) is 0.533. The topological polar surface area (TPSA) is 38.6 Å². The molecule has 2 rings (SSSR count). The Bertz CT molecular complexity index is 519. The fourth-order valence-corrected chi connectivity index (χ4v) is 2.10. The molecular weight excluding hydrogens is 238 g/mol. The van der Waals surface area contributed by atoms with Gasteiger partial charge in [-0.15, -0.1) is 0 Å². The van der Waals surface area contributed by atoms with Gasteiger partial charge in [-0.1, -0.05) is 6.07 Å². The van der Waals surface area contributed by atoms with Gasteiger partial charge in [0.15, 0.2) is 0 Å². The van der Waals surface area contributed by atoms with Gasteiger partial charge in [0.25, 0.3) is 0 Å². The molecule has 2 aromatic heterocycles. The normalized spacial score (nSPS) is 11.6. The molecule has 19 heavy (non-hydrogen) atoms. The zero-order chi connectivity index (χ0) is 13.7. The maximum atomic E-state index is 5.52. The lowest BCUT2D eigenvalue weighted by atomic mass is 10.3. The lowest BCUT2D eigenvalue weighted by molar-refractivity contribution is 0.0770. The first kappa shape index (κ1) is 14.0. The van der Waals surface area contributed by atoms with E-state index in [1.807, 2.05) is 18.2 Å². The fourth-order valence-electron chi connectivity index (χ4n) is 2.10. The third-order valence-corrected chi connectivity index (χ3v) is 3.07. The molecule has 0 spiro atoms. The molecule has 0 saturated heterocycles. The van der Waals surface area contributed by atoms with Crippen molar-refractivity contribution in [3.05, 3.63) is 35.8 Å². The highest BCUT2D eigenvalue weighted by molar-refractivity contribution is 5.42. The molecule has 0 amide bonds. The molecule has 0 aromatic carbocycles. The third-order valence-electron chi connectivity index (χ3n) is 3.07. The van der Waals surface area contributed by atoms with Gasteiger partial charge in [0.05, 0.1) is 17.5 Å². The number of aromatic nitrogens is 2. The third kappa shape index (κ3) is 3.78. The number of nitrogens with one attached hydrogen (secondary N) is 1. The number of imidazole rings is 1. The molecule has 4 heteroatoms.